The number of hydrogen-bond acceptors (Lipinski definition) is 1. The molecular formula is C20H44NO+. The molecule has 134 valence electrons. The van der Waals surface area contributed by atoms with Crippen LogP contribution in [-0.4, -0.2) is 38.5 Å². The average molecular weight is 315 g/mol. The highest BCUT2D eigenvalue weighted by Crippen LogP contribution is 2.13. The van der Waals surface area contributed by atoms with Gasteiger partial charge in [-0.2, -0.15) is 0 Å². The lowest BCUT2D eigenvalue weighted by Gasteiger charge is -2.33. The lowest BCUT2D eigenvalue weighted by Crippen LogP contribution is -2.46. The SMILES string of the molecule is CCCCCCCCCCCCCCOC(CC)[N+](C)(C)C. The number of ether oxygens (including phenoxy) is 1. The van der Waals surface area contributed by atoms with Gasteiger partial charge in [-0.15, -0.1) is 0 Å². The van der Waals surface area contributed by atoms with Gasteiger partial charge >= 0.3 is 0 Å². The molecule has 0 aliphatic carbocycles. The Hall–Kier alpha value is -0.0800. The Labute approximate surface area is 141 Å². The minimum Gasteiger partial charge on any atom is -0.329 e. The summed E-state index contributed by atoms with van der Waals surface area (Å²) in [4.78, 5) is 0. The van der Waals surface area contributed by atoms with Gasteiger partial charge < -0.3 is 9.22 Å². The first kappa shape index (κ1) is 21.9. The molecule has 22 heavy (non-hydrogen) atoms. The van der Waals surface area contributed by atoms with Gasteiger partial charge in [0.1, 0.15) is 0 Å². The van der Waals surface area contributed by atoms with Crippen LogP contribution in [0, 0.1) is 0 Å². The first-order valence-electron chi connectivity index (χ1n) is 9.95. The summed E-state index contributed by atoms with van der Waals surface area (Å²) in [6.45, 7) is 5.44. The standard InChI is InChI=1S/C20H44NO/c1-6-8-9-10-11-12-13-14-15-16-17-18-19-22-20(7-2)21(3,4)5/h20H,6-19H2,1-5H3/q+1. The molecule has 0 heterocycles. The van der Waals surface area contributed by atoms with E-state index in [2.05, 4.69) is 35.0 Å². The Balaban J connectivity index is 3.24. The molecule has 0 aliphatic heterocycles. The van der Waals surface area contributed by atoms with Crippen LogP contribution in [0.4, 0.5) is 0 Å². The van der Waals surface area contributed by atoms with Crippen LogP contribution in [0.3, 0.4) is 0 Å². The average Bonchev–Trinajstić information content (AvgIpc) is 2.46. The molecule has 2 heteroatoms. The molecule has 0 amide bonds. The second-order valence-electron chi connectivity index (χ2n) is 7.74. The first-order valence-corrected chi connectivity index (χ1v) is 9.95. The summed E-state index contributed by atoms with van der Waals surface area (Å²) in [6.07, 6.45) is 18.3. The van der Waals surface area contributed by atoms with E-state index in [4.69, 9.17) is 4.74 Å². The topological polar surface area (TPSA) is 9.23 Å². The van der Waals surface area contributed by atoms with E-state index in [0.717, 1.165) is 17.5 Å². The van der Waals surface area contributed by atoms with E-state index in [9.17, 15) is 0 Å². The van der Waals surface area contributed by atoms with Crippen LogP contribution in [0.15, 0.2) is 0 Å². The Morgan fingerprint density at radius 3 is 1.41 bits per heavy atom. The minimum absolute atomic E-state index is 0.354. The number of quaternary nitrogens is 1. The third kappa shape index (κ3) is 13.6. The first-order chi connectivity index (χ1) is 10.5. The Morgan fingerprint density at radius 1 is 0.636 bits per heavy atom. The maximum atomic E-state index is 6.02. The highest BCUT2D eigenvalue weighted by atomic mass is 16.5. The lowest BCUT2D eigenvalue weighted by atomic mass is 10.1. The maximum absolute atomic E-state index is 6.02. The van der Waals surface area contributed by atoms with Crippen LogP contribution in [0.1, 0.15) is 97.3 Å². The predicted octanol–water partition coefficient (Wildman–Crippen LogP) is 6.15. The highest BCUT2D eigenvalue weighted by Gasteiger charge is 2.21. The minimum atomic E-state index is 0.354. The zero-order valence-corrected chi connectivity index (χ0v) is 16.3. The molecule has 0 bridgehead atoms. The van der Waals surface area contributed by atoms with Gasteiger partial charge in [0.15, 0.2) is 6.23 Å². The smallest absolute Gasteiger partial charge is 0.192 e. The van der Waals surface area contributed by atoms with Gasteiger partial charge in [0, 0.05) is 6.42 Å². The van der Waals surface area contributed by atoms with Crippen molar-refractivity contribution in [2.45, 2.75) is 104 Å². The van der Waals surface area contributed by atoms with Gasteiger partial charge in [0.25, 0.3) is 0 Å². The Bertz CT molecular complexity index is 222. The maximum Gasteiger partial charge on any atom is 0.192 e. The molecule has 2 nitrogen and oxygen atoms in total. The van der Waals surface area contributed by atoms with Gasteiger partial charge in [-0.1, -0.05) is 84.5 Å². The molecule has 0 saturated heterocycles. The van der Waals surface area contributed by atoms with Crippen molar-refractivity contribution >= 4 is 0 Å². The zero-order chi connectivity index (χ0) is 16.7. The van der Waals surface area contributed by atoms with Crippen molar-refractivity contribution in [2.24, 2.45) is 0 Å². The normalized spacial score (nSPS) is 13.5. The molecule has 0 rings (SSSR count). The van der Waals surface area contributed by atoms with E-state index in [1.807, 2.05) is 0 Å². The van der Waals surface area contributed by atoms with E-state index in [1.165, 1.54) is 77.0 Å². The van der Waals surface area contributed by atoms with Crippen molar-refractivity contribution in [1.29, 1.82) is 0 Å². The number of unbranched alkanes of at least 4 members (excludes halogenated alkanes) is 11. The molecule has 0 spiro atoms. The lowest BCUT2D eigenvalue weighted by molar-refractivity contribution is -0.920. The van der Waals surface area contributed by atoms with Crippen molar-refractivity contribution in [3.63, 3.8) is 0 Å². The van der Waals surface area contributed by atoms with E-state index >= 15 is 0 Å². The van der Waals surface area contributed by atoms with Crippen LogP contribution in [0.25, 0.3) is 0 Å². The largest absolute Gasteiger partial charge is 0.329 e. The number of nitrogens with zero attached hydrogens (tertiary/aromatic N) is 1. The van der Waals surface area contributed by atoms with E-state index in [0.29, 0.717) is 6.23 Å². The molecule has 1 unspecified atom stereocenters. The molecule has 0 aromatic rings. The number of hydrogen-bond donors (Lipinski definition) is 0. The van der Waals surface area contributed by atoms with Crippen molar-refractivity contribution in [2.75, 3.05) is 27.7 Å². The second kappa shape index (κ2) is 14.5. The summed E-state index contributed by atoms with van der Waals surface area (Å²) in [6, 6.07) is 0. The summed E-state index contributed by atoms with van der Waals surface area (Å²) in [7, 11) is 6.66. The van der Waals surface area contributed by atoms with Gasteiger partial charge in [-0.3, -0.25) is 0 Å². The highest BCUT2D eigenvalue weighted by molar-refractivity contribution is 4.49. The van der Waals surface area contributed by atoms with Crippen LogP contribution in [-0.2, 0) is 4.74 Å². The molecule has 0 saturated carbocycles. The van der Waals surface area contributed by atoms with Gasteiger partial charge in [0.2, 0.25) is 0 Å². The molecule has 0 fully saturated rings. The third-order valence-corrected chi connectivity index (χ3v) is 4.52. The van der Waals surface area contributed by atoms with Crippen molar-refractivity contribution in [3.8, 4) is 0 Å². The molecule has 0 aliphatic rings. The fourth-order valence-corrected chi connectivity index (χ4v) is 3.05. The second-order valence-corrected chi connectivity index (χ2v) is 7.74. The molecule has 1 atom stereocenters. The van der Waals surface area contributed by atoms with Crippen LogP contribution in [0.5, 0.6) is 0 Å². The van der Waals surface area contributed by atoms with Crippen molar-refractivity contribution in [3.05, 3.63) is 0 Å². The van der Waals surface area contributed by atoms with Gasteiger partial charge in [-0.05, 0) is 6.42 Å². The predicted molar refractivity (Wildman–Crippen MR) is 99.1 cm³/mol. The third-order valence-electron chi connectivity index (χ3n) is 4.52. The molecule has 0 N–H and O–H groups in total. The zero-order valence-electron chi connectivity index (χ0n) is 16.3. The summed E-state index contributed by atoms with van der Waals surface area (Å²) in [5.41, 5.74) is 0. The Morgan fingerprint density at radius 2 is 1.05 bits per heavy atom. The summed E-state index contributed by atoms with van der Waals surface area (Å²) >= 11 is 0. The van der Waals surface area contributed by atoms with Crippen molar-refractivity contribution < 1.29 is 9.22 Å². The molecule has 0 radical (unpaired) electrons. The van der Waals surface area contributed by atoms with E-state index in [-0.39, 0.29) is 0 Å². The van der Waals surface area contributed by atoms with Crippen LogP contribution in [0.2, 0.25) is 0 Å². The van der Waals surface area contributed by atoms with Crippen molar-refractivity contribution in [1.82, 2.24) is 0 Å². The molecule has 0 aromatic carbocycles. The monoisotopic (exact) mass is 314 g/mol. The summed E-state index contributed by atoms with van der Waals surface area (Å²) in [5, 5.41) is 0. The molecular weight excluding hydrogens is 270 g/mol. The fraction of sp³-hybridized carbons (Fsp3) is 1.00. The van der Waals surface area contributed by atoms with E-state index in [1.54, 1.807) is 0 Å². The summed E-state index contributed by atoms with van der Waals surface area (Å²) in [5.74, 6) is 0. The number of rotatable bonds is 16. The van der Waals surface area contributed by atoms with Gasteiger partial charge in [-0.25, -0.2) is 0 Å². The van der Waals surface area contributed by atoms with Crippen LogP contribution < -0.4 is 0 Å². The van der Waals surface area contributed by atoms with Gasteiger partial charge in [0.05, 0.1) is 27.7 Å². The fourth-order valence-electron chi connectivity index (χ4n) is 3.05. The van der Waals surface area contributed by atoms with E-state index < -0.39 is 0 Å². The van der Waals surface area contributed by atoms with Crippen LogP contribution >= 0.6 is 0 Å². The summed E-state index contributed by atoms with van der Waals surface area (Å²) < 4.78 is 6.93. The molecule has 0 aromatic heterocycles. The quantitative estimate of drug-likeness (QED) is 0.189. The Kier molecular flexibility index (Phi) is 14.5.